The second-order valence-electron chi connectivity index (χ2n) is 7.08. The van der Waals surface area contributed by atoms with Crippen molar-refractivity contribution in [1.82, 2.24) is 4.90 Å². The molecule has 25 heavy (non-hydrogen) atoms. The third-order valence-electron chi connectivity index (χ3n) is 5.15. The maximum absolute atomic E-state index is 11.4. The van der Waals surface area contributed by atoms with Crippen molar-refractivity contribution in [3.63, 3.8) is 0 Å². The Kier molecular flexibility index (Phi) is 5.21. The van der Waals surface area contributed by atoms with E-state index in [4.69, 9.17) is 0 Å². The largest absolute Gasteiger partial charge is 0.478 e. The number of nitrogens with zero attached hydrogens (tertiary/aromatic N) is 1. The van der Waals surface area contributed by atoms with Gasteiger partial charge in [-0.25, -0.2) is 4.79 Å². The number of carboxylic acids is 1. The predicted molar refractivity (Wildman–Crippen MR) is 97.8 cm³/mol. The number of β-amino-alcohol motifs (C(OH)–C–C–N with tert-alkyl or cyclic N) is 1. The number of hydrogen-bond acceptors (Lipinski definition) is 3. The van der Waals surface area contributed by atoms with Crippen molar-refractivity contribution in [1.29, 1.82) is 0 Å². The van der Waals surface area contributed by atoms with Gasteiger partial charge in [-0.15, -0.1) is 0 Å². The molecule has 0 radical (unpaired) electrons. The van der Waals surface area contributed by atoms with E-state index in [1.165, 1.54) is 0 Å². The SMILES string of the molecule is CC(O)(CN1CCC(c2ccccc2C(=O)O)CC1)c1ccccc1. The van der Waals surface area contributed by atoms with Crippen molar-refractivity contribution >= 4 is 5.97 Å². The molecule has 1 aliphatic rings. The number of carbonyl (C=O) groups is 1. The van der Waals surface area contributed by atoms with E-state index in [2.05, 4.69) is 4.90 Å². The first-order chi connectivity index (χ1) is 12.0. The fourth-order valence-electron chi connectivity index (χ4n) is 3.77. The Hall–Kier alpha value is -2.17. The Balaban J connectivity index is 1.64. The van der Waals surface area contributed by atoms with E-state index in [-0.39, 0.29) is 5.92 Å². The summed E-state index contributed by atoms with van der Waals surface area (Å²) in [6.07, 6.45) is 1.82. The van der Waals surface area contributed by atoms with Crippen molar-refractivity contribution in [3.05, 3.63) is 71.3 Å². The van der Waals surface area contributed by atoms with E-state index in [9.17, 15) is 15.0 Å². The van der Waals surface area contributed by atoms with Crippen molar-refractivity contribution in [2.75, 3.05) is 19.6 Å². The molecule has 3 rings (SSSR count). The third-order valence-corrected chi connectivity index (χ3v) is 5.15. The molecule has 0 saturated carbocycles. The minimum atomic E-state index is -0.882. The zero-order valence-electron chi connectivity index (χ0n) is 14.6. The fraction of sp³-hybridized carbons (Fsp3) is 0.381. The summed E-state index contributed by atoms with van der Waals surface area (Å²) in [5.41, 5.74) is 1.39. The first-order valence-electron chi connectivity index (χ1n) is 8.80. The van der Waals surface area contributed by atoms with Crippen LogP contribution in [-0.2, 0) is 5.60 Å². The lowest BCUT2D eigenvalue weighted by Crippen LogP contribution is -2.42. The van der Waals surface area contributed by atoms with Gasteiger partial charge in [0, 0.05) is 6.54 Å². The molecular formula is C21H25NO3. The highest BCUT2D eigenvalue weighted by Gasteiger charge is 2.30. The van der Waals surface area contributed by atoms with Gasteiger partial charge in [0.25, 0.3) is 0 Å². The summed E-state index contributed by atoms with van der Waals surface area (Å²) in [4.78, 5) is 13.7. The number of hydrogen-bond donors (Lipinski definition) is 2. The number of benzene rings is 2. The quantitative estimate of drug-likeness (QED) is 0.876. The molecule has 0 aromatic heterocycles. The van der Waals surface area contributed by atoms with Crippen LogP contribution in [0, 0.1) is 0 Å². The predicted octanol–water partition coefficient (Wildman–Crippen LogP) is 3.47. The summed E-state index contributed by atoms with van der Waals surface area (Å²) in [5.74, 6) is -0.588. The van der Waals surface area contributed by atoms with Gasteiger partial charge in [-0.1, -0.05) is 48.5 Å². The maximum Gasteiger partial charge on any atom is 0.335 e. The highest BCUT2D eigenvalue weighted by atomic mass is 16.4. The van der Waals surface area contributed by atoms with Crippen LogP contribution in [0.4, 0.5) is 0 Å². The molecular weight excluding hydrogens is 314 g/mol. The number of carboxylic acid groups (broad SMARTS) is 1. The molecule has 132 valence electrons. The summed E-state index contributed by atoms with van der Waals surface area (Å²) in [6.45, 7) is 4.17. The molecule has 1 fully saturated rings. The normalized spacial score (nSPS) is 18.6. The van der Waals surface area contributed by atoms with Crippen LogP contribution in [-0.4, -0.2) is 40.7 Å². The van der Waals surface area contributed by atoms with Crippen LogP contribution in [0.3, 0.4) is 0 Å². The van der Waals surface area contributed by atoms with E-state index in [1.54, 1.807) is 12.1 Å². The van der Waals surface area contributed by atoms with Gasteiger partial charge in [0.1, 0.15) is 0 Å². The molecule has 2 N–H and O–H groups in total. The molecule has 1 heterocycles. The summed E-state index contributed by atoms with van der Waals surface area (Å²) in [7, 11) is 0. The number of rotatable bonds is 5. The van der Waals surface area contributed by atoms with Gasteiger partial charge in [0.15, 0.2) is 0 Å². The smallest absolute Gasteiger partial charge is 0.335 e. The number of aliphatic hydroxyl groups is 1. The molecule has 4 nitrogen and oxygen atoms in total. The molecule has 4 heteroatoms. The van der Waals surface area contributed by atoms with Gasteiger partial charge >= 0.3 is 5.97 Å². The monoisotopic (exact) mass is 339 g/mol. The molecule has 0 aliphatic carbocycles. The molecule has 1 unspecified atom stereocenters. The molecule has 1 saturated heterocycles. The van der Waals surface area contributed by atoms with Crippen LogP contribution in [0.25, 0.3) is 0 Å². The zero-order chi connectivity index (χ0) is 17.9. The van der Waals surface area contributed by atoms with Crippen molar-refractivity contribution in [2.24, 2.45) is 0 Å². The molecule has 0 amide bonds. The lowest BCUT2D eigenvalue weighted by Gasteiger charge is -2.37. The highest BCUT2D eigenvalue weighted by molar-refractivity contribution is 5.89. The first kappa shape index (κ1) is 17.6. The van der Waals surface area contributed by atoms with Crippen LogP contribution in [0.5, 0.6) is 0 Å². The number of piperidine rings is 1. The van der Waals surface area contributed by atoms with Gasteiger partial charge in [-0.3, -0.25) is 0 Å². The molecule has 2 aromatic rings. The summed E-state index contributed by atoms with van der Waals surface area (Å²) >= 11 is 0. The van der Waals surface area contributed by atoms with Crippen LogP contribution < -0.4 is 0 Å². The van der Waals surface area contributed by atoms with Crippen LogP contribution in [0.1, 0.15) is 47.2 Å². The van der Waals surface area contributed by atoms with E-state index >= 15 is 0 Å². The number of likely N-dealkylation sites (tertiary alicyclic amines) is 1. The summed E-state index contributed by atoms with van der Waals surface area (Å²) in [6, 6.07) is 17.1. The Morgan fingerprint density at radius 1 is 1.08 bits per heavy atom. The Bertz CT molecular complexity index is 719. The van der Waals surface area contributed by atoms with Crippen LogP contribution in [0.2, 0.25) is 0 Å². The van der Waals surface area contributed by atoms with E-state index in [0.29, 0.717) is 12.1 Å². The van der Waals surface area contributed by atoms with Crippen LogP contribution in [0.15, 0.2) is 54.6 Å². The molecule has 0 bridgehead atoms. The minimum Gasteiger partial charge on any atom is -0.478 e. The van der Waals surface area contributed by atoms with Gasteiger partial charge in [-0.05, 0) is 56.0 Å². The lowest BCUT2D eigenvalue weighted by molar-refractivity contribution is 0.00882. The van der Waals surface area contributed by atoms with Crippen molar-refractivity contribution in [3.8, 4) is 0 Å². The molecule has 2 aromatic carbocycles. The highest BCUT2D eigenvalue weighted by Crippen LogP contribution is 2.32. The third kappa shape index (κ3) is 4.09. The molecule has 1 aliphatic heterocycles. The first-order valence-corrected chi connectivity index (χ1v) is 8.80. The van der Waals surface area contributed by atoms with Gasteiger partial charge in [0.2, 0.25) is 0 Å². The Morgan fingerprint density at radius 3 is 2.32 bits per heavy atom. The summed E-state index contributed by atoms with van der Waals surface area (Å²) < 4.78 is 0. The second kappa shape index (κ2) is 7.38. The van der Waals surface area contributed by atoms with E-state index < -0.39 is 11.6 Å². The van der Waals surface area contributed by atoms with Crippen molar-refractivity contribution in [2.45, 2.75) is 31.3 Å². The van der Waals surface area contributed by atoms with E-state index in [0.717, 1.165) is 37.1 Å². The number of aromatic carboxylic acids is 1. The zero-order valence-corrected chi connectivity index (χ0v) is 14.6. The second-order valence-corrected chi connectivity index (χ2v) is 7.08. The molecule has 0 spiro atoms. The maximum atomic E-state index is 11.4. The lowest BCUT2D eigenvalue weighted by atomic mass is 9.85. The van der Waals surface area contributed by atoms with Crippen LogP contribution >= 0.6 is 0 Å². The van der Waals surface area contributed by atoms with Gasteiger partial charge in [0.05, 0.1) is 11.2 Å². The van der Waals surface area contributed by atoms with Gasteiger partial charge in [-0.2, -0.15) is 0 Å². The Morgan fingerprint density at radius 2 is 1.68 bits per heavy atom. The van der Waals surface area contributed by atoms with Crippen molar-refractivity contribution < 1.29 is 15.0 Å². The fourth-order valence-corrected chi connectivity index (χ4v) is 3.77. The topological polar surface area (TPSA) is 60.8 Å². The summed E-state index contributed by atoms with van der Waals surface area (Å²) in [5, 5.41) is 20.2. The average molecular weight is 339 g/mol. The van der Waals surface area contributed by atoms with E-state index in [1.807, 2.05) is 49.4 Å². The van der Waals surface area contributed by atoms with Gasteiger partial charge < -0.3 is 15.1 Å². The average Bonchev–Trinajstić information content (AvgIpc) is 2.63. The standard InChI is InChI=1S/C21H25NO3/c1-21(25,17-7-3-2-4-8-17)15-22-13-11-16(12-14-22)18-9-5-6-10-19(18)20(23)24/h2-10,16,25H,11-15H2,1H3,(H,23,24). The minimum absolute atomic E-state index is 0.269. The molecule has 1 atom stereocenters. The Labute approximate surface area is 148 Å².